The molecule has 4 atom stereocenters. The number of hydrogen-bond donors (Lipinski definition) is 3. The van der Waals surface area contributed by atoms with E-state index in [0.29, 0.717) is 29.3 Å². The molecule has 1 aliphatic heterocycles. The molecule has 4 bridgehead atoms. The van der Waals surface area contributed by atoms with Gasteiger partial charge in [-0.15, -0.1) is 0 Å². The van der Waals surface area contributed by atoms with Gasteiger partial charge in [0.15, 0.2) is 11.5 Å². The summed E-state index contributed by atoms with van der Waals surface area (Å²) in [7, 11) is -4.67. The SMILES string of the molecule is CC12CC3CC(C)(C1)CC(N)(C3)C2.Fc1ccc(C2CCCC[C@H]2COc2ccc3c(c2)OCO3)cc1.O=S(=O)(O)O. The maximum Gasteiger partial charge on any atom is 0.394 e. The average molecular weight is 606 g/mol. The van der Waals surface area contributed by atoms with Crippen LogP contribution in [0.15, 0.2) is 42.5 Å². The van der Waals surface area contributed by atoms with E-state index in [1.807, 2.05) is 30.3 Å². The fourth-order valence-electron chi connectivity index (χ4n) is 9.26. The zero-order chi connectivity index (χ0) is 30.2. The van der Waals surface area contributed by atoms with E-state index in [2.05, 4.69) is 13.8 Å². The molecular weight excluding hydrogens is 561 g/mol. The number of fused-ring (bicyclic) bond motifs is 1. The highest BCUT2D eigenvalue weighted by Gasteiger charge is 2.58. The van der Waals surface area contributed by atoms with Crippen molar-refractivity contribution in [3.05, 3.63) is 53.8 Å². The molecule has 8 rings (SSSR count). The Morgan fingerprint density at radius 1 is 0.929 bits per heavy atom. The highest BCUT2D eigenvalue weighted by Crippen LogP contribution is 2.65. The third kappa shape index (κ3) is 7.95. The van der Waals surface area contributed by atoms with E-state index >= 15 is 0 Å². The molecule has 5 saturated carbocycles. The van der Waals surface area contributed by atoms with Gasteiger partial charge in [-0.3, -0.25) is 9.11 Å². The Morgan fingerprint density at radius 2 is 1.55 bits per heavy atom. The zero-order valence-electron chi connectivity index (χ0n) is 24.6. The molecule has 0 radical (unpaired) electrons. The second-order valence-corrected chi connectivity index (χ2v) is 14.9. The predicted molar refractivity (Wildman–Crippen MR) is 158 cm³/mol. The van der Waals surface area contributed by atoms with Gasteiger partial charge in [-0.25, -0.2) is 4.39 Å². The van der Waals surface area contributed by atoms with Crippen molar-refractivity contribution >= 4 is 10.4 Å². The Hall–Kier alpha value is -2.40. The molecule has 0 spiro atoms. The summed E-state index contributed by atoms with van der Waals surface area (Å²) >= 11 is 0. The number of ether oxygens (including phenoxy) is 3. The van der Waals surface area contributed by atoms with Crippen molar-refractivity contribution < 1.29 is 36.1 Å². The molecule has 8 nitrogen and oxygen atoms in total. The molecular formula is C32H44FNO7S. The molecule has 4 N–H and O–H groups in total. The van der Waals surface area contributed by atoms with E-state index in [1.165, 1.54) is 56.9 Å². The maximum atomic E-state index is 13.2. The molecule has 2 aromatic carbocycles. The predicted octanol–water partition coefficient (Wildman–Crippen LogP) is 6.95. The Labute approximate surface area is 248 Å². The van der Waals surface area contributed by atoms with Crippen LogP contribution in [0.25, 0.3) is 0 Å². The van der Waals surface area contributed by atoms with Crippen LogP contribution in [0.1, 0.15) is 89.5 Å². The van der Waals surface area contributed by atoms with Gasteiger partial charge in [0.25, 0.3) is 0 Å². The molecule has 1 heterocycles. The van der Waals surface area contributed by atoms with Crippen LogP contribution in [0.5, 0.6) is 17.2 Å². The largest absolute Gasteiger partial charge is 0.493 e. The van der Waals surface area contributed by atoms with Crippen molar-refractivity contribution in [2.45, 2.75) is 89.5 Å². The van der Waals surface area contributed by atoms with E-state index in [4.69, 9.17) is 37.5 Å². The van der Waals surface area contributed by atoms with Gasteiger partial charge in [0.2, 0.25) is 6.79 Å². The Bertz CT molecular complexity index is 1290. The van der Waals surface area contributed by atoms with Crippen molar-refractivity contribution in [2.75, 3.05) is 13.4 Å². The van der Waals surface area contributed by atoms with Crippen LogP contribution >= 0.6 is 0 Å². The first-order chi connectivity index (χ1) is 19.7. The van der Waals surface area contributed by atoms with Crippen LogP contribution in [0.4, 0.5) is 4.39 Å². The van der Waals surface area contributed by atoms with Crippen LogP contribution in [0.2, 0.25) is 0 Å². The summed E-state index contributed by atoms with van der Waals surface area (Å²) in [6, 6.07) is 12.6. The van der Waals surface area contributed by atoms with E-state index in [0.717, 1.165) is 36.0 Å². The van der Waals surface area contributed by atoms with Crippen LogP contribution in [0, 0.1) is 28.5 Å². The smallest absolute Gasteiger partial charge is 0.394 e. The summed E-state index contributed by atoms with van der Waals surface area (Å²) in [6.45, 7) is 5.88. The molecule has 6 aliphatic rings. The van der Waals surface area contributed by atoms with E-state index in [-0.39, 0.29) is 18.1 Å². The Kier molecular flexibility index (Phi) is 8.83. The molecule has 5 aliphatic carbocycles. The third-order valence-electron chi connectivity index (χ3n) is 9.68. The molecule has 10 heteroatoms. The molecule has 5 fully saturated rings. The summed E-state index contributed by atoms with van der Waals surface area (Å²) in [4.78, 5) is 0. The summed E-state index contributed by atoms with van der Waals surface area (Å²) in [5.74, 6) is 3.99. The topological polar surface area (TPSA) is 128 Å². The van der Waals surface area contributed by atoms with Gasteiger partial charge in [-0.2, -0.15) is 8.42 Å². The first kappa shape index (κ1) is 31.0. The molecule has 42 heavy (non-hydrogen) atoms. The van der Waals surface area contributed by atoms with Gasteiger partial charge in [0, 0.05) is 11.6 Å². The summed E-state index contributed by atoms with van der Waals surface area (Å²) in [5.41, 5.74) is 9.13. The quantitative estimate of drug-likeness (QED) is 0.320. The lowest BCUT2D eigenvalue weighted by molar-refractivity contribution is -0.104. The summed E-state index contributed by atoms with van der Waals surface area (Å²) < 4.78 is 61.5. The summed E-state index contributed by atoms with van der Waals surface area (Å²) in [5, 5.41) is 0. The Morgan fingerprint density at radius 3 is 2.17 bits per heavy atom. The van der Waals surface area contributed by atoms with Gasteiger partial charge in [0.05, 0.1) is 6.61 Å². The molecule has 0 amide bonds. The molecule has 232 valence electrons. The lowest BCUT2D eigenvalue weighted by atomic mass is 9.43. The minimum Gasteiger partial charge on any atom is -0.493 e. The lowest BCUT2D eigenvalue weighted by Crippen LogP contribution is -2.62. The van der Waals surface area contributed by atoms with Gasteiger partial charge >= 0.3 is 10.4 Å². The lowest BCUT2D eigenvalue weighted by Gasteiger charge is -2.64. The highest BCUT2D eigenvalue weighted by atomic mass is 32.3. The fraction of sp³-hybridized carbons (Fsp3) is 0.625. The van der Waals surface area contributed by atoms with Crippen LogP contribution in [-0.4, -0.2) is 36.5 Å². The van der Waals surface area contributed by atoms with Crippen molar-refractivity contribution in [2.24, 2.45) is 28.4 Å². The molecule has 3 unspecified atom stereocenters. The second-order valence-electron chi connectivity index (χ2n) is 14.0. The normalized spacial score (nSPS) is 34.1. The van der Waals surface area contributed by atoms with E-state index < -0.39 is 10.4 Å². The van der Waals surface area contributed by atoms with Crippen molar-refractivity contribution in [3.8, 4) is 17.2 Å². The molecule has 0 saturated heterocycles. The van der Waals surface area contributed by atoms with E-state index in [9.17, 15) is 4.39 Å². The number of hydrogen-bond acceptors (Lipinski definition) is 6. The van der Waals surface area contributed by atoms with Crippen LogP contribution in [0.3, 0.4) is 0 Å². The van der Waals surface area contributed by atoms with Crippen LogP contribution < -0.4 is 19.9 Å². The highest BCUT2D eigenvalue weighted by molar-refractivity contribution is 7.79. The zero-order valence-corrected chi connectivity index (χ0v) is 25.4. The van der Waals surface area contributed by atoms with Gasteiger partial charge in [-0.1, -0.05) is 38.8 Å². The van der Waals surface area contributed by atoms with Crippen LogP contribution in [-0.2, 0) is 10.4 Å². The van der Waals surface area contributed by atoms with Crippen molar-refractivity contribution in [1.29, 1.82) is 0 Å². The maximum absolute atomic E-state index is 13.2. The minimum absolute atomic E-state index is 0.178. The minimum atomic E-state index is -4.67. The van der Waals surface area contributed by atoms with Crippen molar-refractivity contribution in [1.82, 2.24) is 0 Å². The molecule has 2 aromatic rings. The standard InChI is InChI=1S/C20H21FO3.C12H21N.H2O4S/c21-16-7-5-14(6-8-16)18-4-2-1-3-15(18)12-22-17-9-10-19-20(11-17)24-13-23-19;1-10-3-9-4-11(2,6-10)8-12(13,5-9)7-10;1-5(2,3)4/h5-11,15,18H,1-4,12-13H2;9H,3-8,13H2,1-2H3;(H2,1,2,3,4)/t15-,18?;;/m0../s1. The first-order valence-electron chi connectivity index (χ1n) is 15.0. The number of benzene rings is 2. The number of halogens is 1. The monoisotopic (exact) mass is 605 g/mol. The number of nitrogens with two attached hydrogens (primary N) is 1. The summed E-state index contributed by atoms with van der Waals surface area (Å²) in [6.07, 6.45) is 13.0. The van der Waals surface area contributed by atoms with Crippen molar-refractivity contribution in [3.63, 3.8) is 0 Å². The molecule has 0 aromatic heterocycles. The van der Waals surface area contributed by atoms with E-state index in [1.54, 1.807) is 12.1 Å². The Balaban J connectivity index is 0.000000163. The first-order valence-corrected chi connectivity index (χ1v) is 16.4. The van der Waals surface area contributed by atoms with Gasteiger partial charge < -0.3 is 19.9 Å². The van der Waals surface area contributed by atoms with Gasteiger partial charge in [-0.05, 0) is 110 Å². The van der Waals surface area contributed by atoms with Gasteiger partial charge in [0.1, 0.15) is 11.6 Å². The average Bonchev–Trinajstić information content (AvgIpc) is 3.33. The number of rotatable bonds is 4. The second kappa shape index (κ2) is 11.9. The third-order valence-corrected chi connectivity index (χ3v) is 9.68. The fourth-order valence-corrected chi connectivity index (χ4v) is 9.26.